The minimum absolute atomic E-state index is 0.0948. The maximum Gasteiger partial charge on any atom is 0.349 e. The SMILES string of the molecule is [N-]=[N+]=Nc1ccccc1SSCC(C(=O)O)(N1C(=O)CCC1=O)S(=O)(=O)O. The number of azide groups is 1. The van der Waals surface area contributed by atoms with Gasteiger partial charge in [-0.3, -0.25) is 14.1 Å². The fourth-order valence-electron chi connectivity index (χ4n) is 2.33. The number of amides is 2. The van der Waals surface area contributed by atoms with Crippen molar-refractivity contribution in [1.82, 2.24) is 4.90 Å². The first-order valence-electron chi connectivity index (χ1n) is 7.15. The van der Waals surface area contributed by atoms with Crippen molar-refractivity contribution in [2.75, 3.05) is 5.75 Å². The van der Waals surface area contributed by atoms with Gasteiger partial charge in [0.1, 0.15) is 0 Å². The van der Waals surface area contributed by atoms with E-state index in [0.717, 1.165) is 10.8 Å². The van der Waals surface area contributed by atoms with Gasteiger partial charge in [0.05, 0.1) is 11.4 Å². The van der Waals surface area contributed by atoms with E-state index in [1.807, 2.05) is 0 Å². The Balaban J connectivity index is 2.37. The number of benzene rings is 1. The number of hydrogen-bond acceptors (Lipinski definition) is 8. The van der Waals surface area contributed by atoms with Gasteiger partial charge in [0.15, 0.2) is 0 Å². The van der Waals surface area contributed by atoms with E-state index in [4.69, 9.17) is 5.53 Å². The fraction of sp³-hybridized carbons (Fsp3) is 0.308. The highest BCUT2D eigenvalue weighted by atomic mass is 33.1. The lowest BCUT2D eigenvalue weighted by Crippen LogP contribution is -2.63. The molecule has 1 aliphatic heterocycles. The van der Waals surface area contributed by atoms with Crippen LogP contribution in [0.2, 0.25) is 0 Å². The van der Waals surface area contributed by atoms with E-state index in [0.29, 0.717) is 15.7 Å². The van der Waals surface area contributed by atoms with Crippen LogP contribution in [0.3, 0.4) is 0 Å². The molecule has 1 aromatic carbocycles. The molecule has 0 aromatic heterocycles. The van der Waals surface area contributed by atoms with E-state index in [2.05, 4.69) is 10.0 Å². The Bertz CT molecular complexity index is 929. The highest BCUT2D eigenvalue weighted by Crippen LogP contribution is 2.42. The number of hydrogen-bond donors (Lipinski definition) is 2. The van der Waals surface area contributed by atoms with Gasteiger partial charge < -0.3 is 5.11 Å². The van der Waals surface area contributed by atoms with E-state index in [-0.39, 0.29) is 23.4 Å². The number of rotatable bonds is 8. The van der Waals surface area contributed by atoms with Crippen LogP contribution >= 0.6 is 21.6 Å². The summed E-state index contributed by atoms with van der Waals surface area (Å²) in [7, 11) is -3.84. The summed E-state index contributed by atoms with van der Waals surface area (Å²) in [6.45, 7) is 0. The van der Waals surface area contributed by atoms with Crippen LogP contribution in [0.15, 0.2) is 34.3 Å². The van der Waals surface area contributed by atoms with Crippen LogP contribution in [-0.2, 0) is 24.5 Å². The molecular formula is C13H12N4O7S3. The monoisotopic (exact) mass is 432 g/mol. The van der Waals surface area contributed by atoms with Crippen LogP contribution < -0.4 is 0 Å². The molecule has 1 aliphatic rings. The number of carboxylic acid groups (broad SMARTS) is 1. The topological polar surface area (TPSA) is 178 Å². The molecule has 1 aromatic rings. The van der Waals surface area contributed by atoms with Gasteiger partial charge >= 0.3 is 16.1 Å². The largest absolute Gasteiger partial charge is 0.479 e. The zero-order chi connectivity index (χ0) is 20.2. The van der Waals surface area contributed by atoms with Crippen molar-refractivity contribution in [1.29, 1.82) is 0 Å². The van der Waals surface area contributed by atoms with Crippen LogP contribution in [0.25, 0.3) is 10.4 Å². The van der Waals surface area contributed by atoms with Gasteiger partial charge in [0.25, 0.3) is 4.87 Å². The number of carbonyl (C=O) groups is 3. The van der Waals surface area contributed by atoms with E-state index >= 15 is 0 Å². The Labute approximate surface area is 160 Å². The summed E-state index contributed by atoms with van der Waals surface area (Å²) < 4.78 is 33.4. The first-order chi connectivity index (χ1) is 12.6. The normalized spacial score (nSPS) is 16.7. The van der Waals surface area contributed by atoms with Crippen molar-refractivity contribution >= 4 is 55.2 Å². The second-order valence-electron chi connectivity index (χ2n) is 5.19. The highest BCUT2D eigenvalue weighted by Gasteiger charge is 2.61. The molecule has 27 heavy (non-hydrogen) atoms. The zero-order valence-corrected chi connectivity index (χ0v) is 15.8. The maximum absolute atomic E-state index is 11.9. The first-order valence-corrected chi connectivity index (χ1v) is 10.9. The fourth-order valence-corrected chi connectivity index (χ4v) is 6.40. The smallest absolute Gasteiger partial charge is 0.349 e. The highest BCUT2D eigenvalue weighted by molar-refractivity contribution is 8.76. The number of likely N-dealkylation sites (tertiary alicyclic amines) is 1. The Morgan fingerprint density at radius 2 is 1.89 bits per heavy atom. The van der Waals surface area contributed by atoms with E-state index in [1.165, 1.54) is 6.07 Å². The van der Waals surface area contributed by atoms with Gasteiger partial charge in [0.2, 0.25) is 11.8 Å². The van der Waals surface area contributed by atoms with E-state index in [9.17, 15) is 32.5 Å². The molecule has 11 nitrogen and oxygen atoms in total. The molecule has 1 heterocycles. The van der Waals surface area contributed by atoms with Crippen LogP contribution in [0, 0.1) is 0 Å². The molecular weight excluding hydrogens is 420 g/mol. The zero-order valence-electron chi connectivity index (χ0n) is 13.4. The second kappa shape index (κ2) is 8.19. The summed E-state index contributed by atoms with van der Waals surface area (Å²) in [6, 6.07) is 6.24. The van der Waals surface area contributed by atoms with Gasteiger partial charge in [-0.25, -0.2) is 9.69 Å². The molecule has 1 fully saturated rings. The lowest BCUT2D eigenvalue weighted by molar-refractivity contribution is -0.156. The Morgan fingerprint density at radius 1 is 1.30 bits per heavy atom. The van der Waals surface area contributed by atoms with Crippen molar-refractivity contribution < 1.29 is 32.5 Å². The summed E-state index contributed by atoms with van der Waals surface area (Å²) in [6.07, 6.45) is -0.693. The molecule has 1 atom stereocenters. The van der Waals surface area contributed by atoms with Crippen molar-refractivity contribution in [3.8, 4) is 0 Å². The van der Waals surface area contributed by atoms with Crippen molar-refractivity contribution in [3.63, 3.8) is 0 Å². The Kier molecular flexibility index (Phi) is 6.38. The molecule has 2 N–H and O–H groups in total. The summed E-state index contributed by atoms with van der Waals surface area (Å²) in [4.78, 5) is 35.7. The molecule has 1 unspecified atom stereocenters. The quantitative estimate of drug-likeness (QED) is 0.155. The van der Waals surface area contributed by atoms with Crippen LogP contribution in [0.1, 0.15) is 12.8 Å². The average molecular weight is 432 g/mol. The molecule has 0 spiro atoms. The van der Waals surface area contributed by atoms with Crippen LogP contribution in [-0.4, -0.2) is 51.4 Å². The Hall–Kier alpha value is -2.25. The Morgan fingerprint density at radius 3 is 2.41 bits per heavy atom. The minimum atomic E-state index is -5.38. The molecule has 0 radical (unpaired) electrons. The van der Waals surface area contributed by atoms with Gasteiger partial charge in [-0.2, -0.15) is 8.42 Å². The molecule has 2 rings (SSSR count). The molecule has 0 bridgehead atoms. The summed E-state index contributed by atoms with van der Waals surface area (Å²) in [5, 5.41) is 13.0. The van der Waals surface area contributed by atoms with Gasteiger partial charge in [-0.15, -0.1) is 0 Å². The minimum Gasteiger partial charge on any atom is -0.479 e. The molecule has 2 amide bonds. The molecule has 0 aliphatic carbocycles. The number of carbonyl (C=O) groups excluding carboxylic acids is 2. The van der Waals surface area contributed by atoms with E-state index in [1.54, 1.807) is 18.2 Å². The predicted octanol–water partition coefficient (Wildman–Crippen LogP) is 2.19. The van der Waals surface area contributed by atoms with Gasteiger partial charge in [0, 0.05) is 22.6 Å². The predicted molar refractivity (Wildman–Crippen MR) is 96.6 cm³/mol. The van der Waals surface area contributed by atoms with Crippen molar-refractivity contribution in [3.05, 3.63) is 34.7 Å². The van der Waals surface area contributed by atoms with Crippen molar-refractivity contribution in [2.45, 2.75) is 22.6 Å². The summed E-state index contributed by atoms with van der Waals surface area (Å²) >= 11 is 0. The summed E-state index contributed by atoms with van der Waals surface area (Å²) in [5.41, 5.74) is 8.77. The number of imide groups is 1. The van der Waals surface area contributed by atoms with Crippen LogP contribution in [0.4, 0.5) is 5.69 Å². The lowest BCUT2D eigenvalue weighted by Gasteiger charge is -2.33. The third kappa shape index (κ3) is 4.04. The standard InChI is InChI=1S/C13H12N4O7S3/c14-16-15-8-3-1-2-4-9(8)26-25-7-13(12(20)21,27(22,23)24)17-10(18)5-6-11(17)19/h1-4H,5-7H2,(H,20,21)(H,22,23,24). The third-order valence-corrected chi connectivity index (χ3v) is 7.56. The second-order valence-corrected chi connectivity index (χ2v) is 9.15. The molecule has 1 saturated heterocycles. The summed E-state index contributed by atoms with van der Waals surface area (Å²) in [5.74, 6) is -4.89. The maximum atomic E-state index is 11.9. The number of nitrogens with zero attached hydrogens (tertiary/aromatic N) is 4. The van der Waals surface area contributed by atoms with Gasteiger partial charge in [-0.05, 0) is 11.6 Å². The number of aliphatic carboxylic acids is 1. The van der Waals surface area contributed by atoms with E-state index < -0.39 is 38.5 Å². The van der Waals surface area contributed by atoms with Crippen molar-refractivity contribution in [2.24, 2.45) is 5.11 Å². The average Bonchev–Trinajstić information content (AvgIpc) is 2.91. The number of carboxylic acids is 1. The molecule has 144 valence electrons. The first kappa shape index (κ1) is 21.1. The van der Waals surface area contributed by atoms with Crippen LogP contribution in [0.5, 0.6) is 0 Å². The molecule has 0 saturated carbocycles. The lowest BCUT2D eigenvalue weighted by atomic mass is 10.3. The van der Waals surface area contributed by atoms with Gasteiger partial charge in [-0.1, -0.05) is 44.9 Å². The third-order valence-electron chi connectivity index (χ3n) is 3.59. The molecule has 14 heteroatoms.